The maximum absolute atomic E-state index is 13.5. The number of carbonyl (C=O) groups excluding carboxylic acids is 2. The second-order valence-electron chi connectivity index (χ2n) is 8.26. The topological polar surface area (TPSA) is 62.7 Å². The summed E-state index contributed by atoms with van der Waals surface area (Å²) in [5.41, 5.74) is 4.72. The van der Waals surface area contributed by atoms with E-state index in [4.69, 9.17) is 4.74 Å². The summed E-state index contributed by atoms with van der Waals surface area (Å²) in [7, 11) is 0. The summed E-state index contributed by atoms with van der Waals surface area (Å²) < 4.78 is 5.86. The summed E-state index contributed by atoms with van der Waals surface area (Å²) in [6.07, 6.45) is 3.33. The Balaban J connectivity index is 1.79. The number of pyridine rings is 1. The van der Waals surface area contributed by atoms with Gasteiger partial charge in [0, 0.05) is 25.5 Å². The lowest BCUT2D eigenvalue weighted by molar-refractivity contribution is -0.139. The van der Waals surface area contributed by atoms with Crippen molar-refractivity contribution in [2.45, 2.75) is 46.4 Å². The molecule has 2 amide bonds. The Hall–Kier alpha value is -2.99. The fourth-order valence-corrected chi connectivity index (χ4v) is 4.37. The Morgan fingerprint density at radius 3 is 2.43 bits per heavy atom. The minimum Gasteiger partial charge on any atom is -0.372 e. The van der Waals surface area contributed by atoms with Crippen LogP contribution in [0, 0.1) is 13.8 Å². The number of rotatable bonds is 4. The van der Waals surface area contributed by atoms with Crippen molar-refractivity contribution in [2.24, 2.45) is 0 Å². The Kier molecular flexibility index (Phi) is 5.43. The number of morpholine rings is 1. The Labute approximate surface area is 177 Å². The van der Waals surface area contributed by atoms with E-state index in [1.807, 2.05) is 62.9 Å². The highest BCUT2D eigenvalue weighted by Crippen LogP contribution is 2.35. The van der Waals surface area contributed by atoms with Gasteiger partial charge in [-0.25, -0.2) is 0 Å². The fourth-order valence-electron chi connectivity index (χ4n) is 4.37. The lowest BCUT2D eigenvalue weighted by Gasteiger charge is -2.37. The number of imide groups is 1. The van der Waals surface area contributed by atoms with Crippen LogP contribution >= 0.6 is 0 Å². The van der Waals surface area contributed by atoms with Crippen LogP contribution in [0.25, 0.3) is 5.57 Å². The highest BCUT2D eigenvalue weighted by Gasteiger charge is 2.43. The van der Waals surface area contributed by atoms with Gasteiger partial charge in [0.05, 0.1) is 24.3 Å². The Bertz CT molecular complexity index is 1010. The molecule has 0 N–H and O–H groups in total. The molecule has 0 aliphatic carbocycles. The zero-order valence-corrected chi connectivity index (χ0v) is 17.9. The average Bonchev–Trinajstić information content (AvgIpc) is 2.93. The Morgan fingerprint density at radius 2 is 1.80 bits per heavy atom. The molecule has 1 fully saturated rings. The summed E-state index contributed by atoms with van der Waals surface area (Å²) in [6.45, 7) is 9.36. The van der Waals surface area contributed by atoms with Gasteiger partial charge in [-0.15, -0.1) is 0 Å². The van der Waals surface area contributed by atoms with Gasteiger partial charge < -0.3 is 9.64 Å². The first kappa shape index (κ1) is 20.3. The molecule has 6 nitrogen and oxygen atoms in total. The zero-order valence-electron chi connectivity index (χ0n) is 17.9. The molecule has 2 aliphatic heterocycles. The van der Waals surface area contributed by atoms with E-state index in [1.54, 1.807) is 12.4 Å². The van der Waals surface area contributed by atoms with Gasteiger partial charge in [0.25, 0.3) is 11.8 Å². The molecule has 1 saturated heterocycles. The van der Waals surface area contributed by atoms with E-state index in [0.717, 1.165) is 22.3 Å². The minimum absolute atomic E-state index is 0.0168. The van der Waals surface area contributed by atoms with Gasteiger partial charge >= 0.3 is 0 Å². The molecule has 2 atom stereocenters. The number of hydrogen-bond acceptors (Lipinski definition) is 5. The largest absolute Gasteiger partial charge is 0.372 e. The molecule has 6 heteroatoms. The number of aryl methyl sites for hydroxylation is 2. The molecule has 4 rings (SSSR count). The van der Waals surface area contributed by atoms with Crippen LogP contribution in [0.2, 0.25) is 0 Å². The molecular formula is C24H27N3O3. The summed E-state index contributed by atoms with van der Waals surface area (Å²) in [4.78, 5) is 34.6. The molecule has 30 heavy (non-hydrogen) atoms. The van der Waals surface area contributed by atoms with Crippen molar-refractivity contribution in [2.75, 3.05) is 13.1 Å². The van der Waals surface area contributed by atoms with Crippen LogP contribution in [-0.4, -0.2) is 51.9 Å². The van der Waals surface area contributed by atoms with E-state index in [-0.39, 0.29) is 30.6 Å². The van der Waals surface area contributed by atoms with Gasteiger partial charge in [-0.05, 0) is 50.5 Å². The number of aromatic nitrogens is 1. The van der Waals surface area contributed by atoms with Crippen molar-refractivity contribution in [3.63, 3.8) is 0 Å². The normalized spacial score (nSPS) is 22.3. The zero-order chi connectivity index (χ0) is 21.4. The van der Waals surface area contributed by atoms with E-state index in [2.05, 4.69) is 4.98 Å². The maximum Gasteiger partial charge on any atom is 0.278 e. The molecule has 2 aliphatic rings. The summed E-state index contributed by atoms with van der Waals surface area (Å²) in [6, 6.07) is 9.67. The van der Waals surface area contributed by atoms with Crippen LogP contribution in [0.4, 0.5) is 0 Å². The third-order valence-electron chi connectivity index (χ3n) is 5.59. The van der Waals surface area contributed by atoms with Gasteiger partial charge in [0.1, 0.15) is 5.70 Å². The molecule has 3 heterocycles. The predicted molar refractivity (Wildman–Crippen MR) is 114 cm³/mol. The van der Waals surface area contributed by atoms with Crippen LogP contribution < -0.4 is 0 Å². The molecule has 1 aromatic heterocycles. The standard InChI is InChI=1S/C24H27N3O3/c1-15-7-8-20(16(2)10-15)21-22(26-12-17(3)30-18(4)13-26)24(29)27(23(21)28)14-19-6-5-9-25-11-19/h5-11,17-18H,12-14H2,1-4H3. The molecule has 2 unspecified atom stereocenters. The molecule has 0 saturated carbocycles. The summed E-state index contributed by atoms with van der Waals surface area (Å²) in [5.74, 6) is -0.502. The number of carbonyl (C=O) groups is 2. The van der Waals surface area contributed by atoms with Gasteiger partial charge in [-0.3, -0.25) is 19.5 Å². The van der Waals surface area contributed by atoms with Gasteiger partial charge in [-0.1, -0.05) is 29.8 Å². The molecule has 0 radical (unpaired) electrons. The highest BCUT2D eigenvalue weighted by molar-refractivity contribution is 6.35. The molecule has 1 aromatic carbocycles. The molecule has 0 spiro atoms. The highest BCUT2D eigenvalue weighted by atomic mass is 16.5. The predicted octanol–water partition coefficient (Wildman–Crippen LogP) is 3.09. The third kappa shape index (κ3) is 3.75. The lowest BCUT2D eigenvalue weighted by atomic mass is 9.97. The van der Waals surface area contributed by atoms with Gasteiger partial charge in [0.2, 0.25) is 0 Å². The number of ether oxygens (including phenoxy) is 1. The summed E-state index contributed by atoms with van der Waals surface area (Å²) >= 11 is 0. The molecule has 2 aromatic rings. The van der Waals surface area contributed by atoms with Crippen molar-refractivity contribution >= 4 is 17.4 Å². The number of benzene rings is 1. The maximum atomic E-state index is 13.5. The van der Waals surface area contributed by atoms with Crippen molar-refractivity contribution in [3.8, 4) is 0 Å². The average molecular weight is 405 g/mol. The van der Waals surface area contributed by atoms with E-state index in [1.165, 1.54) is 4.90 Å². The molecular weight excluding hydrogens is 378 g/mol. The number of amides is 2. The molecule has 156 valence electrons. The van der Waals surface area contributed by atoms with E-state index < -0.39 is 0 Å². The summed E-state index contributed by atoms with van der Waals surface area (Å²) in [5, 5.41) is 0. The van der Waals surface area contributed by atoms with Crippen molar-refractivity contribution in [1.82, 2.24) is 14.8 Å². The van der Waals surface area contributed by atoms with E-state index in [9.17, 15) is 9.59 Å². The first-order chi connectivity index (χ1) is 14.3. The van der Waals surface area contributed by atoms with Crippen LogP contribution in [0.3, 0.4) is 0 Å². The first-order valence-electron chi connectivity index (χ1n) is 10.3. The van der Waals surface area contributed by atoms with Gasteiger partial charge in [-0.2, -0.15) is 0 Å². The van der Waals surface area contributed by atoms with Crippen molar-refractivity contribution < 1.29 is 14.3 Å². The van der Waals surface area contributed by atoms with Crippen molar-refractivity contribution in [1.29, 1.82) is 0 Å². The van der Waals surface area contributed by atoms with Crippen LogP contribution in [0.5, 0.6) is 0 Å². The second-order valence-corrected chi connectivity index (χ2v) is 8.26. The lowest BCUT2D eigenvalue weighted by Crippen LogP contribution is -2.46. The van der Waals surface area contributed by atoms with Crippen LogP contribution in [-0.2, 0) is 20.9 Å². The van der Waals surface area contributed by atoms with E-state index in [0.29, 0.717) is 24.4 Å². The van der Waals surface area contributed by atoms with Gasteiger partial charge in [0.15, 0.2) is 0 Å². The van der Waals surface area contributed by atoms with Crippen LogP contribution in [0.15, 0.2) is 48.4 Å². The SMILES string of the molecule is Cc1ccc(C2=C(N3CC(C)OC(C)C3)C(=O)N(Cc3cccnc3)C2=O)c(C)c1. The number of hydrogen-bond donors (Lipinski definition) is 0. The van der Waals surface area contributed by atoms with Crippen molar-refractivity contribution in [3.05, 3.63) is 70.7 Å². The van der Waals surface area contributed by atoms with E-state index >= 15 is 0 Å². The number of nitrogens with zero attached hydrogens (tertiary/aromatic N) is 3. The minimum atomic E-state index is -0.252. The monoisotopic (exact) mass is 405 g/mol. The Morgan fingerprint density at radius 1 is 1.07 bits per heavy atom. The second kappa shape index (κ2) is 8.03. The quantitative estimate of drug-likeness (QED) is 0.732. The van der Waals surface area contributed by atoms with Crippen LogP contribution in [0.1, 0.15) is 36.1 Å². The third-order valence-corrected chi connectivity index (χ3v) is 5.59. The fraction of sp³-hybridized carbons (Fsp3) is 0.375. The smallest absolute Gasteiger partial charge is 0.278 e. The molecule has 0 bridgehead atoms. The first-order valence-corrected chi connectivity index (χ1v) is 10.3.